The van der Waals surface area contributed by atoms with Gasteiger partial charge in [-0.25, -0.2) is 0 Å². The van der Waals surface area contributed by atoms with Gasteiger partial charge in [0.2, 0.25) is 0 Å². The number of rotatable bonds is 4. The van der Waals surface area contributed by atoms with Gasteiger partial charge in [0.25, 0.3) is 0 Å². The van der Waals surface area contributed by atoms with Gasteiger partial charge in [0.1, 0.15) is 0 Å². The van der Waals surface area contributed by atoms with Crippen molar-refractivity contribution in [1.82, 2.24) is 5.32 Å². The molecule has 1 heterocycles. The summed E-state index contributed by atoms with van der Waals surface area (Å²) in [6.45, 7) is 6.80. The summed E-state index contributed by atoms with van der Waals surface area (Å²) in [5.74, 6) is 0.703. The highest BCUT2D eigenvalue weighted by Crippen LogP contribution is 2.35. The predicted octanol–water partition coefficient (Wildman–Crippen LogP) is 1.00. The second kappa shape index (κ2) is 3.55. The number of hydrogen-bond donors (Lipinski definition) is 2. The third kappa shape index (κ3) is 1.42. The van der Waals surface area contributed by atoms with E-state index in [1.165, 1.54) is 12.8 Å². The number of hydrogen-bond acceptors (Lipinski definition) is 2. The molecule has 2 N–H and O–H groups in total. The Morgan fingerprint density at radius 3 is 2.00 bits per heavy atom. The van der Waals surface area contributed by atoms with Crippen molar-refractivity contribution >= 4 is 0 Å². The SMILES string of the molecule is CCC(CC)C1(CO)CNC1. The molecule has 1 rings (SSSR count). The minimum absolute atomic E-state index is 0.226. The van der Waals surface area contributed by atoms with Crippen molar-refractivity contribution in [2.75, 3.05) is 19.7 Å². The molecule has 0 spiro atoms. The van der Waals surface area contributed by atoms with Gasteiger partial charge in [-0.05, 0) is 5.92 Å². The molecule has 0 unspecified atom stereocenters. The Kier molecular flexibility index (Phi) is 2.90. The van der Waals surface area contributed by atoms with Crippen molar-refractivity contribution in [2.45, 2.75) is 26.7 Å². The molecule has 1 saturated heterocycles. The minimum atomic E-state index is 0.226. The summed E-state index contributed by atoms with van der Waals surface area (Å²) in [6, 6.07) is 0. The highest BCUT2D eigenvalue weighted by molar-refractivity contribution is 4.95. The average molecular weight is 157 g/mol. The lowest BCUT2D eigenvalue weighted by Crippen LogP contribution is -2.59. The van der Waals surface area contributed by atoms with Crippen molar-refractivity contribution in [2.24, 2.45) is 11.3 Å². The Morgan fingerprint density at radius 2 is 1.91 bits per heavy atom. The summed E-state index contributed by atoms with van der Waals surface area (Å²) >= 11 is 0. The normalized spacial score (nSPS) is 21.8. The lowest BCUT2D eigenvalue weighted by molar-refractivity contribution is 0.00603. The van der Waals surface area contributed by atoms with Crippen molar-refractivity contribution in [3.8, 4) is 0 Å². The average Bonchev–Trinajstić information content (AvgIpc) is 1.96. The topological polar surface area (TPSA) is 32.3 Å². The maximum Gasteiger partial charge on any atom is 0.0514 e. The number of nitrogens with one attached hydrogen (secondary N) is 1. The van der Waals surface area contributed by atoms with Crippen LogP contribution in [0.3, 0.4) is 0 Å². The lowest BCUT2D eigenvalue weighted by atomic mass is 9.69. The second-order valence-electron chi connectivity index (χ2n) is 3.64. The lowest BCUT2D eigenvalue weighted by Gasteiger charge is -2.46. The molecule has 0 aromatic rings. The summed E-state index contributed by atoms with van der Waals surface area (Å²) in [6.07, 6.45) is 2.39. The summed E-state index contributed by atoms with van der Waals surface area (Å²) in [4.78, 5) is 0. The Morgan fingerprint density at radius 1 is 1.36 bits per heavy atom. The highest BCUT2D eigenvalue weighted by Gasteiger charge is 2.41. The third-order valence-electron chi connectivity index (χ3n) is 3.12. The van der Waals surface area contributed by atoms with Gasteiger partial charge in [-0.3, -0.25) is 0 Å². The molecule has 2 heteroatoms. The van der Waals surface area contributed by atoms with Gasteiger partial charge in [-0.1, -0.05) is 26.7 Å². The first-order valence-electron chi connectivity index (χ1n) is 4.60. The van der Waals surface area contributed by atoms with E-state index in [1.807, 2.05) is 0 Å². The van der Waals surface area contributed by atoms with Crippen LogP contribution < -0.4 is 5.32 Å². The van der Waals surface area contributed by atoms with E-state index in [0.717, 1.165) is 13.1 Å². The molecule has 2 nitrogen and oxygen atoms in total. The molecule has 1 fully saturated rings. The van der Waals surface area contributed by atoms with Crippen LogP contribution >= 0.6 is 0 Å². The van der Waals surface area contributed by atoms with E-state index in [9.17, 15) is 5.11 Å². The van der Waals surface area contributed by atoms with Gasteiger partial charge in [0, 0.05) is 18.5 Å². The van der Waals surface area contributed by atoms with Crippen LogP contribution in [0.5, 0.6) is 0 Å². The predicted molar refractivity (Wildman–Crippen MR) is 46.5 cm³/mol. The Hall–Kier alpha value is -0.0800. The van der Waals surface area contributed by atoms with Crippen LogP contribution in [0.1, 0.15) is 26.7 Å². The fourth-order valence-corrected chi connectivity index (χ4v) is 2.13. The minimum Gasteiger partial charge on any atom is -0.396 e. The molecule has 0 radical (unpaired) electrons. The van der Waals surface area contributed by atoms with Gasteiger partial charge in [-0.2, -0.15) is 0 Å². The van der Waals surface area contributed by atoms with E-state index in [0.29, 0.717) is 12.5 Å². The van der Waals surface area contributed by atoms with Gasteiger partial charge < -0.3 is 10.4 Å². The molecule has 11 heavy (non-hydrogen) atoms. The second-order valence-corrected chi connectivity index (χ2v) is 3.64. The quantitative estimate of drug-likeness (QED) is 0.638. The van der Waals surface area contributed by atoms with Crippen LogP contribution in [-0.4, -0.2) is 24.8 Å². The van der Waals surface area contributed by atoms with Gasteiger partial charge in [0.15, 0.2) is 0 Å². The van der Waals surface area contributed by atoms with Crippen LogP contribution in [0.2, 0.25) is 0 Å². The largest absolute Gasteiger partial charge is 0.396 e. The molecule has 0 aromatic heterocycles. The van der Waals surface area contributed by atoms with Crippen LogP contribution in [-0.2, 0) is 0 Å². The Bertz CT molecular complexity index is 111. The Balaban J connectivity index is 2.51. The summed E-state index contributed by atoms with van der Waals surface area (Å²) in [5.41, 5.74) is 0.226. The van der Waals surface area contributed by atoms with Gasteiger partial charge in [0.05, 0.1) is 6.61 Å². The van der Waals surface area contributed by atoms with Crippen LogP contribution in [0.4, 0.5) is 0 Å². The van der Waals surface area contributed by atoms with E-state index in [1.54, 1.807) is 0 Å². The van der Waals surface area contributed by atoms with E-state index in [-0.39, 0.29) is 5.41 Å². The molecule has 0 bridgehead atoms. The molecule has 0 saturated carbocycles. The van der Waals surface area contributed by atoms with Crippen LogP contribution in [0.15, 0.2) is 0 Å². The first kappa shape index (κ1) is 9.01. The first-order chi connectivity index (χ1) is 5.29. The molecular weight excluding hydrogens is 138 g/mol. The zero-order valence-electron chi connectivity index (χ0n) is 7.56. The first-order valence-corrected chi connectivity index (χ1v) is 4.60. The van der Waals surface area contributed by atoms with Crippen molar-refractivity contribution in [3.05, 3.63) is 0 Å². The molecule has 0 aromatic carbocycles. The van der Waals surface area contributed by atoms with E-state index >= 15 is 0 Å². The van der Waals surface area contributed by atoms with Gasteiger partial charge >= 0.3 is 0 Å². The Labute approximate surface area is 69.0 Å². The maximum absolute atomic E-state index is 9.23. The van der Waals surface area contributed by atoms with E-state index in [2.05, 4.69) is 19.2 Å². The highest BCUT2D eigenvalue weighted by atomic mass is 16.3. The van der Waals surface area contributed by atoms with Crippen molar-refractivity contribution in [1.29, 1.82) is 0 Å². The monoisotopic (exact) mass is 157 g/mol. The third-order valence-corrected chi connectivity index (χ3v) is 3.12. The fraction of sp³-hybridized carbons (Fsp3) is 1.00. The smallest absolute Gasteiger partial charge is 0.0514 e. The van der Waals surface area contributed by atoms with E-state index < -0.39 is 0 Å². The standard InChI is InChI=1S/C9H19NO/c1-3-8(4-2)9(7-11)5-10-6-9/h8,10-11H,3-7H2,1-2H3. The van der Waals surface area contributed by atoms with Crippen LogP contribution in [0, 0.1) is 11.3 Å². The zero-order valence-corrected chi connectivity index (χ0v) is 7.56. The molecule has 0 atom stereocenters. The summed E-state index contributed by atoms with van der Waals surface area (Å²) in [7, 11) is 0. The molecular formula is C9H19NO. The van der Waals surface area contributed by atoms with Crippen molar-refractivity contribution < 1.29 is 5.11 Å². The molecule has 66 valence electrons. The van der Waals surface area contributed by atoms with Gasteiger partial charge in [-0.15, -0.1) is 0 Å². The molecule has 1 aliphatic rings. The van der Waals surface area contributed by atoms with Crippen LogP contribution in [0.25, 0.3) is 0 Å². The maximum atomic E-state index is 9.23. The summed E-state index contributed by atoms with van der Waals surface area (Å²) in [5, 5.41) is 12.5. The number of aliphatic hydroxyl groups excluding tert-OH is 1. The number of aliphatic hydroxyl groups is 1. The summed E-state index contributed by atoms with van der Waals surface area (Å²) < 4.78 is 0. The zero-order chi connectivity index (χ0) is 8.32. The fourth-order valence-electron chi connectivity index (χ4n) is 2.13. The molecule has 1 aliphatic heterocycles. The molecule has 0 aliphatic carbocycles. The van der Waals surface area contributed by atoms with Crippen molar-refractivity contribution in [3.63, 3.8) is 0 Å². The van der Waals surface area contributed by atoms with E-state index in [4.69, 9.17) is 0 Å². The molecule has 0 amide bonds.